The first kappa shape index (κ1) is 10.1. The van der Waals surface area contributed by atoms with Crippen molar-refractivity contribution in [2.75, 3.05) is 5.32 Å². The smallest absolute Gasteiger partial charge is 0.353 e. The number of carboxylic acids is 1. The molecule has 0 aromatic carbocycles. The number of carbonyl (C=O) groups is 2. The van der Waals surface area contributed by atoms with Gasteiger partial charge in [0.15, 0.2) is 5.71 Å². The predicted octanol–water partition coefficient (Wildman–Crippen LogP) is -0.422. The molecule has 2 heterocycles. The molecule has 8 heteroatoms. The van der Waals surface area contributed by atoms with Crippen LogP contribution in [-0.4, -0.2) is 38.8 Å². The molecule has 0 bridgehead atoms. The van der Waals surface area contributed by atoms with Crippen LogP contribution in [0.15, 0.2) is 17.5 Å². The molecule has 0 saturated heterocycles. The van der Waals surface area contributed by atoms with Gasteiger partial charge in [0.05, 0.1) is 0 Å². The average molecular weight is 224 g/mol. The van der Waals surface area contributed by atoms with Crippen molar-refractivity contribution in [1.29, 1.82) is 0 Å². The third-order valence-corrected chi connectivity index (χ3v) is 1.95. The van der Waals surface area contributed by atoms with Crippen LogP contribution in [0, 0.1) is 0 Å². The van der Waals surface area contributed by atoms with Crippen molar-refractivity contribution in [3.63, 3.8) is 0 Å². The number of nitrogens with zero attached hydrogens (tertiary/aromatic N) is 2. The Bertz CT molecular complexity index is 439. The largest absolute Gasteiger partial charge is 0.477 e. The van der Waals surface area contributed by atoms with Crippen molar-refractivity contribution < 1.29 is 19.5 Å². The standard InChI is InChI=1S/C8H8N4O4/c13-6(11-8-9-1-2-10-8)5-3-4(7(14)15)12-16-5/h1-2,5H,3H2,(H,14,15)(H2,9,10,11,13). The lowest BCUT2D eigenvalue weighted by molar-refractivity contribution is -0.129. The summed E-state index contributed by atoms with van der Waals surface area (Å²) in [5.41, 5.74) is -0.167. The minimum absolute atomic E-state index is 0.0537. The summed E-state index contributed by atoms with van der Waals surface area (Å²) in [4.78, 5) is 33.2. The SMILES string of the molecule is O=C(O)C1=NOC(C(=O)Nc2ncc[nH]2)C1. The first-order chi connectivity index (χ1) is 7.66. The summed E-state index contributed by atoms with van der Waals surface area (Å²) < 4.78 is 0. The van der Waals surface area contributed by atoms with E-state index in [0.29, 0.717) is 0 Å². The number of imidazole rings is 1. The van der Waals surface area contributed by atoms with E-state index in [2.05, 4.69) is 20.4 Å². The molecular weight excluding hydrogens is 216 g/mol. The Balaban J connectivity index is 1.92. The van der Waals surface area contributed by atoms with Crippen LogP contribution in [0.4, 0.5) is 5.95 Å². The van der Waals surface area contributed by atoms with Crippen LogP contribution in [0.2, 0.25) is 0 Å². The number of amides is 1. The zero-order valence-electron chi connectivity index (χ0n) is 8.01. The maximum atomic E-state index is 11.5. The van der Waals surface area contributed by atoms with Gasteiger partial charge >= 0.3 is 5.97 Å². The van der Waals surface area contributed by atoms with E-state index < -0.39 is 18.0 Å². The van der Waals surface area contributed by atoms with Crippen molar-refractivity contribution >= 4 is 23.5 Å². The molecule has 8 nitrogen and oxygen atoms in total. The number of H-pyrrole nitrogens is 1. The Labute approximate surface area is 89.3 Å². The van der Waals surface area contributed by atoms with Crippen molar-refractivity contribution in [3.8, 4) is 0 Å². The van der Waals surface area contributed by atoms with Gasteiger partial charge < -0.3 is 14.9 Å². The van der Waals surface area contributed by atoms with Crippen LogP contribution in [0.1, 0.15) is 6.42 Å². The molecule has 1 unspecified atom stereocenters. The Kier molecular flexibility index (Phi) is 2.54. The van der Waals surface area contributed by atoms with E-state index in [9.17, 15) is 9.59 Å². The molecule has 1 aliphatic heterocycles. The first-order valence-corrected chi connectivity index (χ1v) is 4.43. The van der Waals surface area contributed by atoms with Crippen molar-refractivity contribution in [3.05, 3.63) is 12.4 Å². The summed E-state index contributed by atoms with van der Waals surface area (Å²) >= 11 is 0. The highest BCUT2D eigenvalue weighted by atomic mass is 16.6. The first-order valence-electron chi connectivity index (χ1n) is 4.43. The van der Waals surface area contributed by atoms with E-state index in [-0.39, 0.29) is 18.1 Å². The molecule has 1 aliphatic rings. The second-order valence-corrected chi connectivity index (χ2v) is 3.07. The van der Waals surface area contributed by atoms with E-state index >= 15 is 0 Å². The monoisotopic (exact) mass is 224 g/mol. The zero-order valence-corrected chi connectivity index (χ0v) is 8.01. The third-order valence-electron chi connectivity index (χ3n) is 1.95. The summed E-state index contributed by atoms with van der Waals surface area (Å²) in [6, 6.07) is 0. The van der Waals surface area contributed by atoms with Crippen LogP contribution >= 0.6 is 0 Å². The fourth-order valence-electron chi connectivity index (χ4n) is 1.18. The molecule has 1 aromatic rings. The lowest BCUT2D eigenvalue weighted by Gasteiger charge is -2.06. The molecule has 0 fully saturated rings. The Morgan fingerprint density at radius 3 is 3.00 bits per heavy atom. The van der Waals surface area contributed by atoms with Gasteiger partial charge in [-0.2, -0.15) is 0 Å². The van der Waals surface area contributed by atoms with Crippen molar-refractivity contribution in [2.24, 2.45) is 5.16 Å². The highest BCUT2D eigenvalue weighted by Gasteiger charge is 2.31. The number of hydrogen-bond donors (Lipinski definition) is 3. The number of anilines is 1. The van der Waals surface area contributed by atoms with E-state index in [1.807, 2.05) is 0 Å². The number of aromatic amines is 1. The number of aromatic nitrogens is 2. The number of aliphatic carboxylic acids is 1. The van der Waals surface area contributed by atoms with Gasteiger partial charge in [-0.05, 0) is 0 Å². The van der Waals surface area contributed by atoms with Gasteiger partial charge in [0.25, 0.3) is 5.91 Å². The molecule has 0 aliphatic carbocycles. The molecular formula is C8H8N4O4. The van der Waals surface area contributed by atoms with Crippen LogP contribution in [0.3, 0.4) is 0 Å². The van der Waals surface area contributed by atoms with Gasteiger partial charge in [0, 0.05) is 18.8 Å². The van der Waals surface area contributed by atoms with Gasteiger partial charge in [-0.25, -0.2) is 9.78 Å². The Hall–Kier alpha value is -2.38. The van der Waals surface area contributed by atoms with Crippen LogP contribution in [0.25, 0.3) is 0 Å². The zero-order chi connectivity index (χ0) is 11.5. The molecule has 0 saturated carbocycles. The molecule has 1 atom stereocenters. The number of oxime groups is 1. The minimum Gasteiger partial charge on any atom is -0.477 e. The van der Waals surface area contributed by atoms with Crippen LogP contribution in [-0.2, 0) is 14.4 Å². The summed E-state index contributed by atoms with van der Waals surface area (Å²) in [7, 11) is 0. The molecule has 16 heavy (non-hydrogen) atoms. The molecule has 84 valence electrons. The topological polar surface area (TPSA) is 117 Å². The van der Waals surface area contributed by atoms with Crippen molar-refractivity contribution in [2.45, 2.75) is 12.5 Å². The highest BCUT2D eigenvalue weighted by molar-refractivity contribution is 6.36. The number of carboxylic acid groups (broad SMARTS) is 1. The molecule has 1 aromatic heterocycles. The average Bonchev–Trinajstić information content (AvgIpc) is 2.86. The van der Waals surface area contributed by atoms with E-state index in [1.165, 1.54) is 6.20 Å². The van der Waals surface area contributed by atoms with Gasteiger partial charge in [-0.15, -0.1) is 0 Å². The van der Waals surface area contributed by atoms with E-state index in [0.717, 1.165) is 0 Å². The van der Waals surface area contributed by atoms with Crippen molar-refractivity contribution in [1.82, 2.24) is 9.97 Å². The molecule has 1 amide bonds. The Morgan fingerprint density at radius 1 is 1.62 bits per heavy atom. The number of hydrogen-bond acceptors (Lipinski definition) is 5. The predicted molar refractivity (Wildman–Crippen MR) is 51.8 cm³/mol. The number of carbonyl (C=O) groups excluding carboxylic acids is 1. The molecule has 2 rings (SSSR count). The maximum Gasteiger partial charge on any atom is 0.353 e. The minimum atomic E-state index is -1.19. The summed E-state index contributed by atoms with van der Waals surface area (Å²) in [5, 5.41) is 14.3. The summed E-state index contributed by atoms with van der Waals surface area (Å²) in [6.45, 7) is 0. The van der Waals surface area contributed by atoms with Gasteiger partial charge in [-0.3, -0.25) is 10.1 Å². The fourth-order valence-corrected chi connectivity index (χ4v) is 1.18. The van der Waals surface area contributed by atoms with Gasteiger partial charge in [0.2, 0.25) is 12.1 Å². The van der Waals surface area contributed by atoms with E-state index in [1.54, 1.807) is 6.20 Å². The maximum absolute atomic E-state index is 11.5. The second kappa shape index (κ2) is 4.01. The summed E-state index contributed by atoms with van der Waals surface area (Å²) in [6.07, 6.45) is 2.05. The fraction of sp³-hybridized carbons (Fsp3) is 0.250. The summed E-state index contributed by atoms with van der Waals surface area (Å²) in [5.74, 6) is -1.40. The lowest BCUT2D eigenvalue weighted by Crippen LogP contribution is -2.29. The number of nitrogens with one attached hydrogen (secondary N) is 2. The normalized spacial score (nSPS) is 18.8. The van der Waals surface area contributed by atoms with E-state index in [4.69, 9.17) is 9.94 Å². The van der Waals surface area contributed by atoms with Gasteiger partial charge in [-0.1, -0.05) is 5.16 Å². The highest BCUT2D eigenvalue weighted by Crippen LogP contribution is 2.12. The quantitative estimate of drug-likeness (QED) is 0.644. The molecule has 0 radical (unpaired) electrons. The Morgan fingerprint density at radius 2 is 2.44 bits per heavy atom. The van der Waals surface area contributed by atoms with Gasteiger partial charge in [0.1, 0.15) is 0 Å². The molecule has 3 N–H and O–H groups in total. The second-order valence-electron chi connectivity index (χ2n) is 3.07. The lowest BCUT2D eigenvalue weighted by atomic mass is 10.2. The number of rotatable bonds is 3. The third kappa shape index (κ3) is 2.00. The van der Waals surface area contributed by atoms with Crippen LogP contribution in [0.5, 0.6) is 0 Å². The van der Waals surface area contributed by atoms with Crippen LogP contribution < -0.4 is 5.32 Å². The molecule has 0 spiro atoms.